The van der Waals surface area contributed by atoms with Gasteiger partial charge in [0.1, 0.15) is 11.3 Å². The van der Waals surface area contributed by atoms with Gasteiger partial charge < -0.3 is 15.5 Å². The number of para-hydroxylation sites is 1. The zero-order valence-electron chi connectivity index (χ0n) is 9.64. The number of hydrogen-bond acceptors (Lipinski definition) is 4. The molecule has 0 atom stereocenters. The van der Waals surface area contributed by atoms with Crippen molar-refractivity contribution >= 4 is 16.6 Å². The molecule has 0 unspecified atom stereocenters. The second-order valence-corrected chi connectivity index (χ2v) is 3.82. The Hall–Kier alpha value is -2.30. The number of aryl methyl sites for hydroxylation is 1. The van der Waals surface area contributed by atoms with Gasteiger partial charge in [-0.2, -0.15) is 5.10 Å². The number of nitrogens with zero attached hydrogens (tertiary/aromatic N) is 2. The van der Waals surface area contributed by atoms with Crippen LogP contribution < -0.4 is 11.4 Å². The summed E-state index contributed by atoms with van der Waals surface area (Å²) in [5.41, 5.74) is 0.819. The number of pyridine rings is 1. The second kappa shape index (κ2) is 3.93. The van der Waals surface area contributed by atoms with E-state index in [-0.39, 0.29) is 16.9 Å². The maximum absolute atomic E-state index is 12.1. The molecule has 0 fully saturated rings. The highest BCUT2D eigenvalue weighted by Gasteiger charge is 2.16. The molecule has 17 heavy (non-hydrogen) atoms. The summed E-state index contributed by atoms with van der Waals surface area (Å²) in [5, 5.41) is 14.2. The summed E-state index contributed by atoms with van der Waals surface area (Å²) in [7, 11) is 1.65. The van der Waals surface area contributed by atoms with Crippen molar-refractivity contribution < 1.29 is 5.11 Å². The molecule has 0 saturated carbocycles. The lowest BCUT2D eigenvalue weighted by Gasteiger charge is -2.10. The molecule has 0 amide bonds. The van der Waals surface area contributed by atoms with Crippen molar-refractivity contribution in [2.24, 2.45) is 18.0 Å². The quantitative estimate of drug-likeness (QED) is 0.435. The topological polar surface area (TPSA) is 80.6 Å². The highest BCUT2D eigenvalue weighted by atomic mass is 16.3. The van der Waals surface area contributed by atoms with Crippen LogP contribution in [0.25, 0.3) is 10.9 Å². The molecule has 5 heteroatoms. The van der Waals surface area contributed by atoms with Crippen molar-refractivity contribution in [3.8, 4) is 5.75 Å². The Labute approximate surface area is 97.8 Å². The fourth-order valence-corrected chi connectivity index (χ4v) is 1.87. The zero-order valence-corrected chi connectivity index (χ0v) is 9.64. The van der Waals surface area contributed by atoms with E-state index in [9.17, 15) is 9.90 Å². The van der Waals surface area contributed by atoms with Gasteiger partial charge >= 0.3 is 0 Å². The van der Waals surface area contributed by atoms with Crippen LogP contribution in [0.5, 0.6) is 5.75 Å². The van der Waals surface area contributed by atoms with Crippen molar-refractivity contribution in [2.45, 2.75) is 6.92 Å². The fourth-order valence-electron chi connectivity index (χ4n) is 1.87. The maximum Gasteiger partial charge on any atom is 0.263 e. The van der Waals surface area contributed by atoms with Crippen LogP contribution in [0.4, 0.5) is 0 Å². The first-order valence-electron chi connectivity index (χ1n) is 5.13. The summed E-state index contributed by atoms with van der Waals surface area (Å²) in [5.74, 6) is 5.09. The summed E-state index contributed by atoms with van der Waals surface area (Å²) in [6, 6.07) is 7.13. The number of hydrazone groups is 1. The number of nitrogens with two attached hydrogens (primary N) is 1. The molecule has 0 saturated heterocycles. The largest absolute Gasteiger partial charge is 0.506 e. The van der Waals surface area contributed by atoms with Crippen LogP contribution in [0, 0.1) is 0 Å². The monoisotopic (exact) mass is 231 g/mol. The van der Waals surface area contributed by atoms with Crippen molar-refractivity contribution in [1.82, 2.24) is 4.57 Å². The molecule has 0 bridgehead atoms. The summed E-state index contributed by atoms with van der Waals surface area (Å²) in [6.45, 7) is 1.59. The summed E-state index contributed by atoms with van der Waals surface area (Å²) in [6.07, 6.45) is 0. The number of aromatic nitrogens is 1. The number of benzene rings is 1. The van der Waals surface area contributed by atoms with Gasteiger partial charge in [-0.15, -0.1) is 0 Å². The summed E-state index contributed by atoms with van der Waals surface area (Å²) < 4.78 is 1.47. The Bertz CT molecular complexity index is 671. The zero-order chi connectivity index (χ0) is 12.6. The molecular weight excluding hydrogens is 218 g/mol. The van der Waals surface area contributed by atoms with E-state index in [2.05, 4.69) is 5.10 Å². The van der Waals surface area contributed by atoms with Gasteiger partial charge in [0.25, 0.3) is 5.56 Å². The summed E-state index contributed by atoms with van der Waals surface area (Å²) >= 11 is 0. The summed E-state index contributed by atoms with van der Waals surface area (Å²) in [4.78, 5) is 12.1. The van der Waals surface area contributed by atoms with Crippen LogP contribution in [0.1, 0.15) is 12.5 Å². The molecule has 5 nitrogen and oxygen atoms in total. The van der Waals surface area contributed by atoms with E-state index in [4.69, 9.17) is 5.84 Å². The van der Waals surface area contributed by atoms with Crippen LogP contribution in [0.15, 0.2) is 34.2 Å². The van der Waals surface area contributed by atoms with Crippen molar-refractivity contribution in [2.75, 3.05) is 0 Å². The minimum atomic E-state index is -0.312. The first-order valence-corrected chi connectivity index (χ1v) is 5.13. The van der Waals surface area contributed by atoms with Crippen molar-refractivity contribution in [3.63, 3.8) is 0 Å². The number of aromatic hydroxyl groups is 1. The standard InChI is InChI=1S/C12H13N3O2/c1-7(14-13)10-11(16)8-5-3-4-6-9(8)15(2)12(10)17/h3-6,16H,13H2,1-2H3/b14-7+. The van der Waals surface area contributed by atoms with Crippen LogP contribution in [-0.2, 0) is 7.05 Å². The minimum Gasteiger partial charge on any atom is -0.506 e. The first kappa shape index (κ1) is 11.2. The predicted octanol–water partition coefficient (Wildman–Crippen LogP) is 0.927. The Morgan fingerprint density at radius 1 is 1.41 bits per heavy atom. The van der Waals surface area contributed by atoms with Gasteiger partial charge in [0.2, 0.25) is 0 Å². The highest BCUT2D eigenvalue weighted by Crippen LogP contribution is 2.25. The third kappa shape index (κ3) is 1.56. The van der Waals surface area contributed by atoms with Crippen LogP contribution in [-0.4, -0.2) is 15.4 Å². The fraction of sp³-hybridized carbons (Fsp3) is 0.167. The van der Waals surface area contributed by atoms with Crippen molar-refractivity contribution in [3.05, 3.63) is 40.2 Å². The SMILES string of the molecule is C/C(=N\N)c1c(O)c2ccccc2n(C)c1=O. The van der Waals surface area contributed by atoms with Gasteiger partial charge in [0.05, 0.1) is 11.2 Å². The van der Waals surface area contributed by atoms with E-state index < -0.39 is 0 Å². The van der Waals surface area contributed by atoms with E-state index in [1.165, 1.54) is 4.57 Å². The van der Waals surface area contributed by atoms with Gasteiger partial charge in [-0.25, -0.2) is 0 Å². The van der Waals surface area contributed by atoms with Gasteiger partial charge in [0.15, 0.2) is 0 Å². The van der Waals surface area contributed by atoms with E-state index in [0.29, 0.717) is 16.6 Å². The Kier molecular flexibility index (Phi) is 2.59. The third-order valence-electron chi connectivity index (χ3n) is 2.83. The lowest BCUT2D eigenvalue weighted by molar-refractivity contribution is 0.478. The first-order chi connectivity index (χ1) is 8.07. The molecule has 88 valence electrons. The smallest absolute Gasteiger partial charge is 0.263 e. The Morgan fingerprint density at radius 2 is 2.06 bits per heavy atom. The molecule has 1 aromatic carbocycles. The Balaban J connectivity index is 3.02. The average molecular weight is 231 g/mol. The lowest BCUT2D eigenvalue weighted by atomic mass is 10.1. The molecule has 0 aliphatic carbocycles. The van der Waals surface area contributed by atoms with Gasteiger partial charge in [-0.1, -0.05) is 12.1 Å². The maximum atomic E-state index is 12.1. The molecule has 3 N–H and O–H groups in total. The van der Waals surface area contributed by atoms with Gasteiger partial charge in [0, 0.05) is 12.4 Å². The van der Waals surface area contributed by atoms with Crippen LogP contribution >= 0.6 is 0 Å². The van der Waals surface area contributed by atoms with Crippen LogP contribution in [0.3, 0.4) is 0 Å². The normalized spacial score (nSPS) is 12.0. The highest BCUT2D eigenvalue weighted by molar-refractivity contribution is 6.05. The number of fused-ring (bicyclic) bond motifs is 1. The molecule has 0 spiro atoms. The molecule has 0 radical (unpaired) electrons. The van der Waals surface area contributed by atoms with Crippen LogP contribution in [0.2, 0.25) is 0 Å². The molecule has 0 aliphatic rings. The third-order valence-corrected chi connectivity index (χ3v) is 2.83. The van der Waals surface area contributed by atoms with E-state index in [1.54, 1.807) is 32.2 Å². The molecule has 1 aromatic heterocycles. The van der Waals surface area contributed by atoms with E-state index in [1.807, 2.05) is 6.07 Å². The number of hydrogen-bond donors (Lipinski definition) is 2. The van der Waals surface area contributed by atoms with E-state index in [0.717, 1.165) is 0 Å². The second-order valence-electron chi connectivity index (χ2n) is 3.82. The molecule has 1 heterocycles. The van der Waals surface area contributed by atoms with Gasteiger partial charge in [-0.05, 0) is 19.1 Å². The van der Waals surface area contributed by atoms with Gasteiger partial charge in [-0.3, -0.25) is 4.79 Å². The average Bonchev–Trinajstić information content (AvgIpc) is 2.36. The molecule has 2 aromatic rings. The van der Waals surface area contributed by atoms with Crippen molar-refractivity contribution in [1.29, 1.82) is 0 Å². The molecular formula is C12H13N3O2. The lowest BCUT2D eigenvalue weighted by Crippen LogP contribution is -2.24. The predicted molar refractivity (Wildman–Crippen MR) is 67.3 cm³/mol. The minimum absolute atomic E-state index is 0.0737. The molecule has 0 aliphatic heterocycles. The number of rotatable bonds is 1. The molecule has 2 rings (SSSR count). The van der Waals surface area contributed by atoms with E-state index >= 15 is 0 Å². The Morgan fingerprint density at radius 3 is 2.71 bits per heavy atom.